The Morgan fingerprint density at radius 2 is 1.31 bits per heavy atom. The maximum absolute atomic E-state index is 12.8. The summed E-state index contributed by atoms with van der Waals surface area (Å²) in [7, 11) is 0. The maximum Gasteiger partial charge on any atom is 0.292 e. The van der Waals surface area contributed by atoms with E-state index in [9.17, 15) is 14.9 Å². The van der Waals surface area contributed by atoms with Gasteiger partial charge in [0.15, 0.2) is 0 Å². The van der Waals surface area contributed by atoms with Gasteiger partial charge in [-0.05, 0) is 48.5 Å². The fourth-order valence-corrected chi connectivity index (χ4v) is 5.03. The zero-order valence-corrected chi connectivity index (χ0v) is 20.7. The zero-order chi connectivity index (χ0) is 25.1. The second kappa shape index (κ2) is 10.5. The molecule has 3 aromatic rings. The molecule has 36 heavy (non-hydrogen) atoms. The van der Waals surface area contributed by atoms with Crippen LogP contribution < -0.4 is 14.7 Å². The van der Waals surface area contributed by atoms with Gasteiger partial charge in [0.2, 0.25) is 0 Å². The number of amides is 1. The molecule has 5 rings (SSSR count). The number of nitrogens with zero attached hydrogens (tertiary/aromatic N) is 5. The van der Waals surface area contributed by atoms with Crippen LogP contribution in [0.4, 0.5) is 22.7 Å². The summed E-state index contributed by atoms with van der Waals surface area (Å²) in [6.07, 6.45) is 0. The lowest BCUT2D eigenvalue weighted by molar-refractivity contribution is -0.384. The quantitative estimate of drug-likeness (QED) is 0.374. The van der Waals surface area contributed by atoms with E-state index < -0.39 is 0 Å². The number of carbonyl (C=O) groups is 1. The number of nitro groups is 1. The summed E-state index contributed by atoms with van der Waals surface area (Å²) in [4.78, 5) is 32.8. The number of carbonyl (C=O) groups excluding carboxylic acids is 1. The minimum absolute atomic E-state index is 0.00741. The van der Waals surface area contributed by atoms with Crippen molar-refractivity contribution in [3.05, 3.63) is 93.5 Å². The van der Waals surface area contributed by atoms with Gasteiger partial charge in [0.1, 0.15) is 5.69 Å². The summed E-state index contributed by atoms with van der Waals surface area (Å²) in [5.41, 5.74) is 3.53. The summed E-state index contributed by atoms with van der Waals surface area (Å²) < 4.78 is 0. The Morgan fingerprint density at radius 1 is 0.722 bits per heavy atom. The number of piperazine rings is 2. The third kappa shape index (κ3) is 5.09. The molecule has 9 heteroatoms. The standard InChI is InChI=1S/C27H28ClN5O3/c28-22-8-6-21(7-9-22)27(34)32-18-14-30(15-19-32)24-10-11-25(33(35)36)26(20-24)31-16-12-29(13-17-31)23-4-2-1-3-5-23/h1-11,20H,12-19H2. The van der Waals surface area contributed by atoms with Gasteiger partial charge in [-0.15, -0.1) is 0 Å². The number of hydrogen-bond donors (Lipinski definition) is 0. The van der Waals surface area contributed by atoms with Crippen LogP contribution in [0, 0.1) is 10.1 Å². The van der Waals surface area contributed by atoms with Crippen molar-refractivity contribution in [3.63, 3.8) is 0 Å². The van der Waals surface area contributed by atoms with Crippen LogP contribution in [0.3, 0.4) is 0 Å². The molecule has 2 aliphatic rings. The highest BCUT2D eigenvalue weighted by Crippen LogP contribution is 2.34. The Morgan fingerprint density at radius 3 is 1.94 bits per heavy atom. The van der Waals surface area contributed by atoms with Gasteiger partial charge in [-0.3, -0.25) is 14.9 Å². The van der Waals surface area contributed by atoms with Gasteiger partial charge in [-0.25, -0.2) is 0 Å². The highest BCUT2D eigenvalue weighted by Gasteiger charge is 2.27. The molecule has 186 valence electrons. The monoisotopic (exact) mass is 505 g/mol. The predicted molar refractivity (Wildman–Crippen MR) is 144 cm³/mol. The lowest BCUT2D eigenvalue weighted by Gasteiger charge is -2.38. The largest absolute Gasteiger partial charge is 0.368 e. The predicted octanol–water partition coefficient (Wildman–Crippen LogP) is 4.54. The molecule has 2 saturated heterocycles. The van der Waals surface area contributed by atoms with Crippen LogP contribution in [-0.2, 0) is 0 Å². The topological polar surface area (TPSA) is 73.2 Å². The van der Waals surface area contributed by atoms with Crippen LogP contribution in [0.15, 0.2) is 72.8 Å². The maximum atomic E-state index is 12.8. The number of anilines is 3. The molecule has 8 nitrogen and oxygen atoms in total. The third-order valence-electron chi connectivity index (χ3n) is 6.92. The molecule has 2 fully saturated rings. The molecule has 0 radical (unpaired) electrons. The van der Waals surface area contributed by atoms with Gasteiger partial charge in [0.05, 0.1) is 4.92 Å². The number of benzene rings is 3. The molecule has 2 aliphatic heterocycles. The van der Waals surface area contributed by atoms with Gasteiger partial charge < -0.3 is 19.6 Å². The minimum atomic E-state index is -0.300. The zero-order valence-electron chi connectivity index (χ0n) is 19.9. The molecule has 2 heterocycles. The number of nitro benzene ring substituents is 1. The summed E-state index contributed by atoms with van der Waals surface area (Å²) in [5, 5.41) is 12.4. The van der Waals surface area contributed by atoms with Crippen molar-refractivity contribution in [1.29, 1.82) is 0 Å². The molecule has 0 unspecified atom stereocenters. The normalized spacial score (nSPS) is 16.2. The van der Waals surface area contributed by atoms with Gasteiger partial charge in [0, 0.05) is 80.4 Å². The lowest BCUT2D eigenvalue weighted by Crippen LogP contribution is -2.49. The third-order valence-corrected chi connectivity index (χ3v) is 7.17. The summed E-state index contributed by atoms with van der Waals surface area (Å²) in [5.74, 6) is -0.00741. The van der Waals surface area contributed by atoms with E-state index in [1.165, 1.54) is 5.69 Å². The molecule has 0 aliphatic carbocycles. The lowest BCUT2D eigenvalue weighted by atomic mass is 10.1. The second-order valence-electron chi connectivity index (χ2n) is 9.03. The van der Waals surface area contributed by atoms with E-state index in [-0.39, 0.29) is 16.5 Å². The smallest absolute Gasteiger partial charge is 0.292 e. The first-order chi connectivity index (χ1) is 17.5. The number of hydrogen-bond acceptors (Lipinski definition) is 6. The average molecular weight is 506 g/mol. The van der Waals surface area contributed by atoms with Crippen molar-refractivity contribution in [2.24, 2.45) is 0 Å². The number of rotatable bonds is 5. The molecular formula is C27H28ClN5O3. The van der Waals surface area contributed by atoms with Gasteiger partial charge in [0.25, 0.3) is 11.6 Å². The van der Waals surface area contributed by atoms with Gasteiger partial charge >= 0.3 is 0 Å². The van der Waals surface area contributed by atoms with Crippen LogP contribution in [0.2, 0.25) is 5.02 Å². The number of halogens is 1. The Kier molecular flexibility index (Phi) is 6.95. The molecule has 0 bridgehead atoms. The Hall–Kier alpha value is -3.78. The van der Waals surface area contributed by atoms with Gasteiger partial charge in [-0.1, -0.05) is 29.8 Å². The molecule has 0 aromatic heterocycles. The molecule has 3 aromatic carbocycles. The minimum Gasteiger partial charge on any atom is -0.368 e. The molecular weight excluding hydrogens is 478 g/mol. The van der Waals surface area contributed by atoms with Crippen LogP contribution in [0.5, 0.6) is 0 Å². The van der Waals surface area contributed by atoms with Crippen molar-refractivity contribution in [2.75, 3.05) is 67.1 Å². The van der Waals surface area contributed by atoms with Crippen molar-refractivity contribution < 1.29 is 9.72 Å². The van der Waals surface area contributed by atoms with E-state index in [0.717, 1.165) is 18.8 Å². The Labute approximate surface area is 215 Å². The second-order valence-corrected chi connectivity index (χ2v) is 9.46. The van der Waals surface area contributed by atoms with E-state index in [2.05, 4.69) is 26.8 Å². The highest BCUT2D eigenvalue weighted by molar-refractivity contribution is 6.30. The Balaban J connectivity index is 1.27. The average Bonchev–Trinajstić information content (AvgIpc) is 2.93. The first-order valence-corrected chi connectivity index (χ1v) is 12.5. The molecule has 0 spiro atoms. The Bertz CT molecular complexity index is 1220. The van der Waals surface area contributed by atoms with Crippen LogP contribution in [-0.4, -0.2) is 68.1 Å². The fourth-order valence-electron chi connectivity index (χ4n) is 4.90. The van der Waals surface area contributed by atoms with E-state index in [1.807, 2.05) is 35.2 Å². The van der Waals surface area contributed by atoms with E-state index in [4.69, 9.17) is 11.6 Å². The summed E-state index contributed by atoms with van der Waals surface area (Å²) >= 11 is 5.94. The molecule has 1 amide bonds. The summed E-state index contributed by atoms with van der Waals surface area (Å²) in [6, 6.07) is 22.6. The molecule has 0 atom stereocenters. The fraction of sp³-hybridized carbons (Fsp3) is 0.296. The van der Waals surface area contributed by atoms with Crippen LogP contribution in [0.1, 0.15) is 10.4 Å². The molecule has 0 N–H and O–H groups in total. The SMILES string of the molecule is O=C(c1ccc(Cl)cc1)N1CCN(c2ccc([N+](=O)[O-])c(N3CCN(c4ccccc4)CC3)c2)CC1. The number of para-hydroxylation sites is 1. The van der Waals surface area contributed by atoms with Crippen molar-refractivity contribution >= 4 is 40.3 Å². The first-order valence-electron chi connectivity index (χ1n) is 12.1. The van der Waals surface area contributed by atoms with Crippen LogP contribution in [0.25, 0.3) is 0 Å². The van der Waals surface area contributed by atoms with E-state index >= 15 is 0 Å². The molecule has 0 saturated carbocycles. The van der Waals surface area contributed by atoms with Crippen molar-refractivity contribution in [2.45, 2.75) is 0 Å². The van der Waals surface area contributed by atoms with Crippen molar-refractivity contribution in [1.82, 2.24) is 4.90 Å². The highest BCUT2D eigenvalue weighted by atomic mass is 35.5. The van der Waals surface area contributed by atoms with Crippen LogP contribution >= 0.6 is 11.6 Å². The van der Waals surface area contributed by atoms with E-state index in [0.29, 0.717) is 55.5 Å². The summed E-state index contributed by atoms with van der Waals surface area (Å²) in [6.45, 7) is 5.53. The van der Waals surface area contributed by atoms with Gasteiger partial charge in [-0.2, -0.15) is 0 Å². The first kappa shape index (κ1) is 23.9. The van der Waals surface area contributed by atoms with Crippen molar-refractivity contribution in [3.8, 4) is 0 Å². The van der Waals surface area contributed by atoms with E-state index in [1.54, 1.807) is 30.3 Å².